The number of hydrogen-bond donors (Lipinski definition) is 3. The molecule has 23 heavy (non-hydrogen) atoms. The van der Waals surface area contributed by atoms with Crippen molar-refractivity contribution in [2.45, 2.75) is 51.5 Å². The number of hydrogen-bond acceptors (Lipinski definition) is 3. The topological polar surface area (TPSA) is 69.6 Å². The molecule has 0 unspecified atom stereocenters. The molecule has 0 aliphatic heterocycles. The summed E-state index contributed by atoms with van der Waals surface area (Å²) < 4.78 is 0. The quantitative estimate of drug-likeness (QED) is 0.800. The van der Waals surface area contributed by atoms with Gasteiger partial charge < -0.3 is 15.5 Å². The van der Waals surface area contributed by atoms with E-state index in [0.29, 0.717) is 0 Å². The van der Waals surface area contributed by atoms with E-state index in [1.807, 2.05) is 0 Å². The fourth-order valence-electron chi connectivity index (χ4n) is 5.85. The first kappa shape index (κ1) is 14.9. The molecule has 3 N–H and O–H groups in total. The molecule has 1 atom stereocenters. The van der Waals surface area contributed by atoms with Crippen LogP contribution in [-0.4, -0.2) is 22.2 Å². The first-order chi connectivity index (χ1) is 10.9. The number of phenols is 2. The average molecular weight is 315 g/mol. The van der Waals surface area contributed by atoms with E-state index in [1.54, 1.807) is 0 Å². The van der Waals surface area contributed by atoms with E-state index >= 15 is 0 Å². The molecule has 1 amide bonds. The molecule has 0 saturated heterocycles. The molecule has 0 radical (unpaired) electrons. The molecular formula is C19H25NO3. The second-order valence-corrected chi connectivity index (χ2v) is 8.18. The number of aromatic hydroxyl groups is 2. The van der Waals surface area contributed by atoms with Gasteiger partial charge in [-0.25, -0.2) is 0 Å². The smallest absolute Gasteiger partial charge is 0.255 e. The Morgan fingerprint density at radius 2 is 1.70 bits per heavy atom. The third-order valence-electron chi connectivity index (χ3n) is 6.58. The fourth-order valence-corrected chi connectivity index (χ4v) is 5.85. The standard InChI is InChI=1S/C19H25NO3/c1-11(20-18(23)16-3-2-15(21)7-17(16)22)19-8-12-4-13(9-19)6-14(5-12)10-19/h2-3,7,11-14,21-22H,4-6,8-10H2,1H3,(H,20,23)/t11-,12?,13?,14?,19?/m1/s1. The summed E-state index contributed by atoms with van der Waals surface area (Å²) in [6, 6.07) is 4.25. The van der Waals surface area contributed by atoms with Crippen LogP contribution in [0.4, 0.5) is 0 Å². The lowest BCUT2D eigenvalue weighted by molar-refractivity contribution is -0.0688. The summed E-state index contributed by atoms with van der Waals surface area (Å²) in [5.41, 5.74) is 0.483. The van der Waals surface area contributed by atoms with Gasteiger partial charge in [0.25, 0.3) is 5.91 Å². The van der Waals surface area contributed by atoms with Gasteiger partial charge in [0.1, 0.15) is 11.5 Å². The normalized spacial score (nSPS) is 36.0. The molecular weight excluding hydrogens is 290 g/mol. The van der Waals surface area contributed by atoms with Crippen molar-refractivity contribution in [1.82, 2.24) is 5.32 Å². The predicted octanol–water partition coefficient (Wildman–Crippen LogP) is 3.43. The van der Waals surface area contributed by atoms with Gasteiger partial charge in [-0.05, 0) is 80.8 Å². The number of phenolic OH excluding ortho intramolecular Hbond substituents is 2. The Balaban J connectivity index is 1.51. The average Bonchev–Trinajstić information content (AvgIpc) is 2.45. The van der Waals surface area contributed by atoms with Crippen LogP contribution in [0.1, 0.15) is 55.8 Å². The lowest BCUT2D eigenvalue weighted by Gasteiger charge is -2.59. The van der Waals surface area contributed by atoms with Crippen molar-refractivity contribution < 1.29 is 15.0 Å². The van der Waals surface area contributed by atoms with Gasteiger partial charge in [-0.1, -0.05) is 0 Å². The van der Waals surface area contributed by atoms with Crippen LogP contribution in [0.2, 0.25) is 0 Å². The molecule has 4 saturated carbocycles. The van der Waals surface area contributed by atoms with Crippen molar-refractivity contribution in [2.75, 3.05) is 0 Å². The van der Waals surface area contributed by atoms with Gasteiger partial charge in [-0.15, -0.1) is 0 Å². The number of benzene rings is 1. The van der Waals surface area contributed by atoms with Gasteiger partial charge in [0, 0.05) is 12.1 Å². The molecule has 5 rings (SSSR count). The Morgan fingerprint density at radius 1 is 1.13 bits per heavy atom. The summed E-state index contributed by atoms with van der Waals surface area (Å²) in [4.78, 5) is 12.5. The molecule has 4 fully saturated rings. The van der Waals surface area contributed by atoms with Gasteiger partial charge in [0.15, 0.2) is 0 Å². The minimum atomic E-state index is -0.245. The Bertz CT molecular complexity index is 604. The van der Waals surface area contributed by atoms with E-state index in [1.165, 1.54) is 56.7 Å². The lowest BCUT2D eigenvalue weighted by Crippen LogP contribution is -2.55. The molecule has 0 spiro atoms. The minimum absolute atomic E-state index is 0.0341. The third kappa shape index (κ3) is 2.48. The summed E-state index contributed by atoms with van der Waals surface area (Å²) in [6.07, 6.45) is 7.88. The molecule has 4 nitrogen and oxygen atoms in total. The highest BCUT2D eigenvalue weighted by Gasteiger charge is 2.53. The first-order valence-corrected chi connectivity index (χ1v) is 8.78. The van der Waals surface area contributed by atoms with E-state index in [2.05, 4.69) is 12.2 Å². The molecule has 4 aliphatic carbocycles. The predicted molar refractivity (Wildman–Crippen MR) is 87.3 cm³/mol. The second kappa shape index (κ2) is 5.15. The van der Waals surface area contributed by atoms with Gasteiger partial charge in [-0.3, -0.25) is 4.79 Å². The van der Waals surface area contributed by atoms with Gasteiger partial charge in [0.05, 0.1) is 5.56 Å². The highest BCUT2D eigenvalue weighted by atomic mass is 16.3. The highest BCUT2D eigenvalue weighted by molar-refractivity contribution is 5.97. The summed E-state index contributed by atoms with van der Waals surface area (Å²) in [5, 5.41) is 22.4. The van der Waals surface area contributed by atoms with Crippen LogP contribution < -0.4 is 5.32 Å². The molecule has 1 aromatic carbocycles. The molecule has 0 heterocycles. The fraction of sp³-hybridized carbons (Fsp3) is 0.632. The van der Waals surface area contributed by atoms with Crippen LogP contribution >= 0.6 is 0 Å². The maximum atomic E-state index is 12.5. The summed E-state index contributed by atoms with van der Waals surface area (Å²) in [5.74, 6) is 2.10. The Labute approximate surface area is 136 Å². The van der Waals surface area contributed by atoms with Crippen molar-refractivity contribution in [3.05, 3.63) is 23.8 Å². The molecule has 0 aromatic heterocycles. The number of carbonyl (C=O) groups is 1. The summed E-state index contributed by atoms with van der Waals surface area (Å²) >= 11 is 0. The molecule has 4 heteroatoms. The minimum Gasteiger partial charge on any atom is -0.508 e. The van der Waals surface area contributed by atoms with Crippen molar-refractivity contribution in [3.63, 3.8) is 0 Å². The first-order valence-electron chi connectivity index (χ1n) is 8.78. The van der Waals surface area contributed by atoms with Crippen LogP contribution in [0.15, 0.2) is 18.2 Å². The SMILES string of the molecule is C[C@@H](NC(=O)c1ccc(O)cc1O)C12CC3CC(CC(C3)C1)C2. The Hall–Kier alpha value is -1.71. The van der Waals surface area contributed by atoms with E-state index in [4.69, 9.17) is 0 Å². The lowest BCUT2D eigenvalue weighted by atomic mass is 9.48. The van der Waals surface area contributed by atoms with Crippen LogP contribution in [0.5, 0.6) is 11.5 Å². The molecule has 4 bridgehead atoms. The Morgan fingerprint density at radius 3 is 2.22 bits per heavy atom. The van der Waals surface area contributed by atoms with E-state index < -0.39 is 0 Å². The maximum absolute atomic E-state index is 12.5. The van der Waals surface area contributed by atoms with E-state index in [9.17, 15) is 15.0 Å². The molecule has 1 aromatic rings. The Kier molecular flexibility index (Phi) is 3.33. The van der Waals surface area contributed by atoms with Crippen molar-refractivity contribution in [2.24, 2.45) is 23.2 Å². The van der Waals surface area contributed by atoms with Gasteiger partial charge in [0.2, 0.25) is 0 Å². The highest BCUT2D eigenvalue weighted by Crippen LogP contribution is 2.61. The summed E-state index contributed by atoms with van der Waals surface area (Å²) in [7, 11) is 0. The summed E-state index contributed by atoms with van der Waals surface area (Å²) in [6.45, 7) is 2.13. The zero-order chi connectivity index (χ0) is 16.2. The van der Waals surface area contributed by atoms with Crippen LogP contribution in [0.25, 0.3) is 0 Å². The maximum Gasteiger partial charge on any atom is 0.255 e. The van der Waals surface area contributed by atoms with Crippen molar-refractivity contribution >= 4 is 5.91 Å². The van der Waals surface area contributed by atoms with Gasteiger partial charge >= 0.3 is 0 Å². The van der Waals surface area contributed by atoms with Crippen LogP contribution in [0.3, 0.4) is 0 Å². The van der Waals surface area contributed by atoms with E-state index in [-0.39, 0.29) is 34.4 Å². The van der Waals surface area contributed by atoms with E-state index in [0.717, 1.165) is 17.8 Å². The monoisotopic (exact) mass is 315 g/mol. The molecule has 4 aliphatic rings. The van der Waals surface area contributed by atoms with Crippen molar-refractivity contribution in [3.8, 4) is 11.5 Å². The zero-order valence-electron chi connectivity index (χ0n) is 13.6. The molecule has 124 valence electrons. The van der Waals surface area contributed by atoms with Crippen LogP contribution in [0, 0.1) is 23.2 Å². The second-order valence-electron chi connectivity index (χ2n) is 8.18. The zero-order valence-corrected chi connectivity index (χ0v) is 13.6. The van der Waals surface area contributed by atoms with Crippen LogP contribution in [-0.2, 0) is 0 Å². The largest absolute Gasteiger partial charge is 0.508 e. The van der Waals surface area contributed by atoms with Gasteiger partial charge in [-0.2, -0.15) is 0 Å². The number of carbonyl (C=O) groups excluding carboxylic acids is 1. The third-order valence-corrected chi connectivity index (χ3v) is 6.58. The number of nitrogens with one attached hydrogen (secondary N) is 1. The van der Waals surface area contributed by atoms with Crippen molar-refractivity contribution in [1.29, 1.82) is 0 Å². The number of amides is 1. The number of rotatable bonds is 3.